The lowest BCUT2D eigenvalue weighted by Gasteiger charge is -2.10. The lowest BCUT2D eigenvalue weighted by molar-refractivity contribution is -0.115. The van der Waals surface area contributed by atoms with Gasteiger partial charge in [-0.3, -0.25) is 9.59 Å². The number of fused-ring (bicyclic) bond motifs is 1. The van der Waals surface area contributed by atoms with E-state index in [1.807, 2.05) is 67.8 Å². The van der Waals surface area contributed by atoms with Crippen LogP contribution < -0.4 is 10.6 Å². The van der Waals surface area contributed by atoms with E-state index < -0.39 is 5.91 Å². The molecule has 0 bridgehead atoms. The van der Waals surface area contributed by atoms with Crippen LogP contribution in [0.2, 0.25) is 0 Å². The number of anilines is 1. The first-order valence-corrected chi connectivity index (χ1v) is 12.1. The van der Waals surface area contributed by atoms with Gasteiger partial charge in [0.05, 0.1) is 6.54 Å². The number of amides is 2. The van der Waals surface area contributed by atoms with Crippen molar-refractivity contribution in [2.75, 3.05) is 11.9 Å². The number of rotatable bonds is 8. The Hall–Kier alpha value is -3.10. The summed E-state index contributed by atoms with van der Waals surface area (Å²) in [6.45, 7) is 3.84. The van der Waals surface area contributed by atoms with Crippen molar-refractivity contribution >= 4 is 51.6 Å². The molecular weight excluding hydrogens is 442 g/mol. The van der Waals surface area contributed by atoms with E-state index in [9.17, 15) is 9.59 Å². The zero-order valence-corrected chi connectivity index (χ0v) is 19.4. The lowest BCUT2D eigenvalue weighted by atomic mass is 10.1. The summed E-state index contributed by atoms with van der Waals surface area (Å²) in [6, 6.07) is 15.2. The van der Waals surface area contributed by atoms with E-state index in [1.54, 1.807) is 23.1 Å². The number of carbonyl (C=O) groups excluding carboxylic acids is 2. The molecule has 0 aliphatic rings. The number of nitrogens with zero attached hydrogens (tertiary/aromatic N) is 1. The molecule has 0 atom stereocenters. The van der Waals surface area contributed by atoms with Gasteiger partial charge in [-0.25, -0.2) is 4.98 Å². The van der Waals surface area contributed by atoms with Gasteiger partial charge in [-0.2, -0.15) is 0 Å². The summed E-state index contributed by atoms with van der Waals surface area (Å²) >= 11 is 3.14. The molecule has 32 heavy (non-hydrogen) atoms. The van der Waals surface area contributed by atoms with Crippen LogP contribution in [0, 0.1) is 6.92 Å². The minimum absolute atomic E-state index is 0.147. The van der Waals surface area contributed by atoms with Crippen LogP contribution in [-0.2, 0) is 17.0 Å². The molecule has 2 N–H and O–H groups in total. The predicted octanol–water partition coefficient (Wildman–Crippen LogP) is 5.42. The Balaban J connectivity index is 1.47. The molecule has 4 aromatic rings. The first kappa shape index (κ1) is 22.1. The Morgan fingerprint density at radius 1 is 1.12 bits per heavy atom. The van der Waals surface area contributed by atoms with Gasteiger partial charge in [0.1, 0.15) is 9.92 Å². The Bertz CT molecular complexity index is 1260. The largest absolute Gasteiger partial charge is 0.451 e. The highest BCUT2D eigenvalue weighted by Gasteiger charge is 2.21. The SMILES string of the molecule is CCc1ccccc1NC(=O)CNC(=O)c1oc2ccccc2c1CSc1nc(C)cs1. The molecule has 2 aromatic heterocycles. The van der Waals surface area contributed by atoms with Crippen molar-refractivity contribution < 1.29 is 14.0 Å². The zero-order valence-electron chi connectivity index (χ0n) is 17.8. The Kier molecular flexibility index (Phi) is 6.92. The molecule has 0 saturated heterocycles. The summed E-state index contributed by atoms with van der Waals surface area (Å²) < 4.78 is 6.81. The Morgan fingerprint density at radius 3 is 2.69 bits per heavy atom. The van der Waals surface area contributed by atoms with Crippen LogP contribution in [0.25, 0.3) is 11.0 Å². The van der Waals surface area contributed by atoms with Gasteiger partial charge in [0, 0.05) is 33.5 Å². The van der Waals surface area contributed by atoms with E-state index >= 15 is 0 Å². The number of para-hydroxylation sites is 2. The monoisotopic (exact) mass is 465 g/mol. The fraction of sp³-hybridized carbons (Fsp3) is 0.208. The Morgan fingerprint density at radius 2 is 1.91 bits per heavy atom. The van der Waals surface area contributed by atoms with E-state index in [0.29, 0.717) is 11.3 Å². The maximum absolute atomic E-state index is 12.9. The van der Waals surface area contributed by atoms with Crippen molar-refractivity contribution in [3.63, 3.8) is 0 Å². The van der Waals surface area contributed by atoms with E-state index in [0.717, 1.165) is 38.7 Å². The van der Waals surface area contributed by atoms with Crippen LogP contribution in [-0.4, -0.2) is 23.3 Å². The molecule has 0 saturated carbocycles. The van der Waals surface area contributed by atoms with Gasteiger partial charge in [0.25, 0.3) is 5.91 Å². The topological polar surface area (TPSA) is 84.2 Å². The molecule has 0 aliphatic carbocycles. The van der Waals surface area contributed by atoms with Crippen LogP contribution >= 0.6 is 23.1 Å². The van der Waals surface area contributed by atoms with Crippen molar-refractivity contribution in [1.29, 1.82) is 0 Å². The summed E-state index contributed by atoms with van der Waals surface area (Å²) in [7, 11) is 0. The average Bonchev–Trinajstić information content (AvgIpc) is 3.39. The van der Waals surface area contributed by atoms with Gasteiger partial charge >= 0.3 is 0 Å². The molecule has 8 heteroatoms. The van der Waals surface area contributed by atoms with Gasteiger partial charge < -0.3 is 15.1 Å². The third-order valence-electron chi connectivity index (χ3n) is 4.92. The number of nitrogens with one attached hydrogen (secondary N) is 2. The standard InChI is InChI=1S/C24H23N3O3S2/c1-3-16-8-4-6-10-19(16)27-21(28)12-25-23(29)22-18(14-32-24-26-15(2)13-31-24)17-9-5-7-11-20(17)30-22/h4-11,13H,3,12,14H2,1-2H3,(H,25,29)(H,27,28). The van der Waals surface area contributed by atoms with Crippen molar-refractivity contribution in [2.45, 2.75) is 30.4 Å². The molecule has 0 aliphatic heterocycles. The molecule has 0 unspecified atom stereocenters. The highest BCUT2D eigenvalue weighted by Crippen LogP contribution is 2.33. The quantitative estimate of drug-likeness (QED) is 0.339. The second-order valence-corrected chi connectivity index (χ2v) is 9.27. The van der Waals surface area contributed by atoms with E-state index in [1.165, 1.54) is 0 Å². The number of aryl methyl sites for hydroxylation is 2. The minimum atomic E-state index is -0.411. The van der Waals surface area contributed by atoms with Gasteiger partial charge in [-0.1, -0.05) is 55.1 Å². The van der Waals surface area contributed by atoms with E-state index in [2.05, 4.69) is 15.6 Å². The summed E-state index contributed by atoms with van der Waals surface area (Å²) in [5, 5.41) is 8.44. The summed E-state index contributed by atoms with van der Waals surface area (Å²) in [4.78, 5) is 29.8. The van der Waals surface area contributed by atoms with Crippen LogP contribution in [0.5, 0.6) is 0 Å². The number of thiazole rings is 1. The number of hydrogen-bond acceptors (Lipinski definition) is 6. The van der Waals surface area contributed by atoms with Gasteiger partial charge in [-0.15, -0.1) is 11.3 Å². The smallest absolute Gasteiger partial charge is 0.287 e. The van der Waals surface area contributed by atoms with Gasteiger partial charge in [0.2, 0.25) is 5.91 Å². The van der Waals surface area contributed by atoms with Crippen molar-refractivity contribution in [1.82, 2.24) is 10.3 Å². The molecular formula is C24H23N3O3S2. The summed E-state index contributed by atoms with van der Waals surface area (Å²) in [5.41, 5.74) is 4.22. The maximum Gasteiger partial charge on any atom is 0.287 e. The third-order valence-corrected chi connectivity index (χ3v) is 7.09. The first-order chi connectivity index (χ1) is 15.5. The summed E-state index contributed by atoms with van der Waals surface area (Å²) in [6.07, 6.45) is 0.807. The Labute approximate surface area is 194 Å². The number of thioether (sulfide) groups is 1. The predicted molar refractivity (Wildman–Crippen MR) is 129 cm³/mol. The fourth-order valence-electron chi connectivity index (χ4n) is 3.34. The van der Waals surface area contributed by atoms with Crippen LogP contribution in [0.3, 0.4) is 0 Å². The number of aromatic nitrogens is 1. The van der Waals surface area contributed by atoms with Crippen LogP contribution in [0.1, 0.15) is 34.3 Å². The van der Waals surface area contributed by atoms with Crippen LogP contribution in [0.4, 0.5) is 5.69 Å². The van der Waals surface area contributed by atoms with Crippen molar-refractivity contribution in [3.05, 3.63) is 76.5 Å². The summed E-state index contributed by atoms with van der Waals surface area (Å²) in [5.74, 6) is 0.0762. The highest BCUT2D eigenvalue weighted by atomic mass is 32.2. The molecule has 0 fully saturated rings. The lowest BCUT2D eigenvalue weighted by Crippen LogP contribution is -2.33. The number of benzene rings is 2. The second kappa shape index (κ2) is 10.0. The minimum Gasteiger partial charge on any atom is -0.451 e. The molecule has 2 aromatic carbocycles. The zero-order chi connectivity index (χ0) is 22.5. The van der Waals surface area contributed by atoms with Crippen LogP contribution in [0.15, 0.2) is 62.7 Å². The van der Waals surface area contributed by atoms with Gasteiger partial charge in [0.15, 0.2) is 5.76 Å². The fourth-order valence-corrected chi connectivity index (χ4v) is 5.22. The van der Waals surface area contributed by atoms with Crippen molar-refractivity contribution in [3.8, 4) is 0 Å². The number of hydrogen-bond donors (Lipinski definition) is 2. The molecule has 6 nitrogen and oxygen atoms in total. The number of furan rings is 1. The number of carbonyl (C=O) groups is 2. The first-order valence-electron chi connectivity index (χ1n) is 10.3. The molecule has 2 amide bonds. The molecule has 2 heterocycles. The third kappa shape index (κ3) is 5.03. The molecule has 164 valence electrons. The maximum atomic E-state index is 12.9. The van der Waals surface area contributed by atoms with E-state index in [4.69, 9.17) is 4.42 Å². The highest BCUT2D eigenvalue weighted by molar-refractivity contribution is 8.00. The average molecular weight is 466 g/mol. The van der Waals surface area contributed by atoms with Crippen molar-refractivity contribution in [2.24, 2.45) is 0 Å². The molecule has 0 radical (unpaired) electrons. The normalized spacial score (nSPS) is 10.9. The second-order valence-electron chi connectivity index (χ2n) is 7.19. The van der Waals surface area contributed by atoms with Gasteiger partial charge in [-0.05, 0) is 31.0 Å². The van der Waals surface area contributed by atoms with E-state index in [-0.39, 0.29) is 18.2 Å². The molecule has 0 spiro atoms. The molecule has 4 rings (SSSR count).